The van der Waals surface area contributed by atoms with E-state index in [9.17, 15) is 0 Å². The van der Waals surface area contributed by atoms with Crippen molar-refractivity contribution in [2.24, 2.45) is 5.92 Å². The molecule has 6 heteroatoms. The Morgan fingerprint density at radius 2 is 2.00 bits per heavy atom. The van der Waals surface area contributed by atoms with Crippen molar-refractivity contribution in [3.05, 3.63) is 29.9 Å². The molecule has 0 unspecified atom stereocenters. The van der Waals surface area contributed by atoms with Crippen molar-refractivity contribution in [3.63, 3.8) is 0 Å². The number of nitrogens with zero attached hydrogens (tertiary/aromatic N) is 3. The van der Waals surface area contributed by atoms with E-state index in [0.29, 0.717) is 17.9 Å². The predicted molar refractivity (Wildman–Crippen MR) is 102 cm³/mol. The first-order valence-electron chi connectivity index (χ1n) is 8.74. The van der Waals surface area contributed by atoms with Crippen molar-refractivity contribution < 1.29 is 4.74 Å². The first-order chi connectivity index (χ1) is 12.2. The fraction of sp³-hybridized carbons (Fsp3) is 0.421. The number of ether oxygens (including phenoxy) is 1. The van der Waals surface area contributed by atoms with Gasteiger partial charge in [-0.3, -0.25) is 0 Å². The van der Waals surface area contributed by atoms with Gasteiger partial charge in [0, 0.05) is 12.2 Å². The van der Waals surface area contributed by atoms with Gasteiger partial charge in [0.05, 0.1) is 28.4 Å². The van der Waals surface area contributed by atoms with Crippen LogP contribution >= 0.6 is 11.3 Å². The molecule has 2 heterocycles. The fourth-order valence-electron chi connectivity index (χ4n) is 3.40. The second kappa shape index (κ2) is 6.96. The first-order valence-corrected chi connectivity index (χ1v) is 9.62. The summed E-state index contributed by atoms with van der Waals surface area (Å²) in [5, 5.41) is 3.47. The van der Waals surface area contributed by atoms with Gasteiger partial charge in [-0.2, -0.15) is 4.98 Å². The number of fused-ring (bicyclic) bond motifs is 1. The number of hydrogen-bond donors (Lipinski definition) is 1. The predicted octanol–water partition coefficient (Wildman–Crippen LogP) is 4.75. The van der Waals surface area contributed by atoms with Gasteiger partial charge in [-0.05, 0) is 49.3 Å². The van der Waals surface area contributed by atoms with E-state index in [0.717, 1.165) is 22.6 Å². The van der Waals surface area contributed by atoms with Crippen molar-refractivity contribution in [1.82, 2.24) is 15.0 Å². The van der Waals surface area contributed by atoms with Gasteiger partial charge in [-0.25, -0.2) is 9.97 Å². The Kier molecular flexibility index (Phi) is 4.53. The minimum Gasteiger partial charge on any atom is -0.480 e. The average molecular weight is 354 g/mol. The third-order valence-corrected chi connectivity index (χ3v) is 5.75. The highest BCUT2D eigenvalue weighted by Crippen LogP contribution is 2.32. The molecule has 3 aromatic rings. The zero-order chi connectivity index (χ0) is 17.2. The summed E-state index contributed by atoms with van der Waals surface area (Å²) in [4.78, 5) is 13.5. The molecule has 4 rings (SSSR count). The molecule has 1 aliphatic rings. The Morgan fingerprint density at radius 1 is 1.16 bits per heavy atom. The van der Waals surface area contributed by atoms with Crippen LogP contribution in [0.4, 0.5) is 5.95 Å². The molecule has 1 N–H and O–H groups in total. The summed E-state index contributed by atoms with van der Waals surface area (Å²) in [7, 11) is 1.65. The number of aromatic nitrogens is 3. The van der Waals surface area contributed by atoms with Gasteiger partial charge < -0.3 is 10.1 Å². The number of anilines is 1. The summed E-state index contributed by atoms with van der Waals surface area (Å²) >= 11 is 1.64. The van der Waals surface area contributed by atoms with Gasteiger partial charge in [0.1, 0.15) is 0 Å². The number of rotatable bonds is 4. The topological polar surface area (TPSA) is 59.9 Å². The standard InChI is InChI=1S/C19H22N4OS/c1-12-3-6-14(7-4-12)22-19-20-10-15(18(23-19)24-2)13-5-8-17-16(9-13)21-11-25-17/h5,8-12,14H,3-4,6-7H2,1-2H3,(H,20,22,23). The molecule has 0 saturated heterocycles. The summed E-state index contributed by atoms with van der Waals surface area (Å²) < 4.78 is 6.71. The maximum atomic E-state index is 5.53. The largest absolute Gasteiger partial charge is 0.480 e. The lowest BCUT2D eigenvalue weighted by molar-refractivity contribution is 0.359. The molecule has 5 nitrogen and oxygen atoms in total. The molecule has 1 saturated carbocycles. The van der Waals surface area contributed by atoms with Crippen molar-refractivity contribution in [3.8, 4) is 17.0 Å². The lowest BCUT2D eigenvalue weighted by Gasteiger charge is -2.27. The lowest BCUT2D eigenvalue weighted by Crippen LogP contribution is -2.26. The molecule has 130 valence electrons. The van der Waals surface area contributed by atoms with Crippen LogP contribution < -0.4 is 10.1 Å². The van der Waals surface area contributed by atoms with E-state index >= 15 is 0 Å². The van der Waals surface area contributed by atoms with Gasteiger partial charge in [-0.15, -0.1) is 11.3 Å². The second-order valence-electron chi connectivity index (χ2n) is 6.75. The van der Waals surface area contributed by atoms with Gasteiger partial charge in [-0.1, -0.05) is 13.0 Å². The van der Waals surface area contributed by atoms with Crippen molar-refractivity contribution in [2.45, 2.75) is 38.6 Å². The van der Waals surface area contributed by atoms with Crippen LogP contribution in [0, 0.1) is 5.92 Å². The molecule has 2 aromatic heterocycles. The molecule has 1 fully saturated rings. The molecule has 0 atom stereocenters. The van der Waals surface area contributed by atoms with Crippen molar-refractivity contribution in [1.29, 1.82) is 0 Å². The SMILES string of the molecule is COc1nc(NC2CCC(C)CC2)ncc1-c1ccc2scnc2c1. The van der Waals surface area contributed by atoms with Crippen LogP contribution in [0.2, 0.25) is 0 Å². The Bertz CT molecular complexity index is 871. The van der Waals surface area contributed by atoms with E-state index in [4.69, 9.17) is 4.74 Å². The van der Waals surface area contributed by atoms with E-state index < -0.39 is 0 Å². The molecule has 1 aliphatic carbocycles. The Balaban J connectivity index is 1.59. The number of thiazole rings is 1. The minimum absolute atomic E-state index is 0.457. The van der Waals surface area contributed by atoms with E-state index in [1.54, 1.807) is 18.4 Å². The smallest absolute Gasteiger partial charge is 0.226 e. The normalized spacial score (nSPS) is 20.6. The molecule has 0 bridgehead atoms. The summed E-state index contributed by atoms with van der Waals surface area (Å²) in [6.07, 6.45) is 6.72. The first kappa shape index (κ1) is 16.3. The van der Waals surface area contributed by atoms with Crippen LogP contribution in [-0.4, -0.2) is 28.1 Å². The Morgan fingerprint density at radius 3 is 2.80 bits per heavy atom. The van der Waals surface area contributed by atoms with Crippen LogP contribution in [-0.2, 0) is 0 Å². The average Bonchev–Trinajstić information content (AvgIpc) is 3.11. The van der Waals surface area contributed by atoms with E-state index in [1.165, 1.54) is 30.4 Å². The highest BCUT2D eigenvalue weighted by atomic mass is 32.1. The molecule has 0 amide bonds. The third-order valence-electron chi connectivity index (χ3n) is 4.94. The maximum absolute atomic E-state index is 5.53. The molecular weight excluding hydrogens is 332 g/mol. The van der Waals surface area contributed by atoms with Gasteiger partial charge >= 0.3 is 0 Å². The summed E-state index contributed by atoms with van der Waals surface area (Å²) in [6.45, 7) is 2.32. The van der Waals surface area contributed by atoms with Crippen LogP contribution in [0.25, 0.3) is 21.3 Å². The zero-order valence-electron chi connectivity index (χ0n) is 14.5. The van der Waals surface area contributed by atoms with Crippen LogP contribution in [0.15, 0.2) is 29.9 Å². The van der Waals surface area contributed by atoms with Gasteiger partial charge in [0.25, 0.3) is 0 Å². The van der Waals surface area contributed by atoms with Gasteiger partial charge in [0.15, 0.2) is 0 Å². The molecular formula is C19H22N4OS. The lowest BCUT2D eigenvalue weighted by atomic mass is 9.87. The van der Waals surface area contributed by atoms with E-state index in [1.807, 2.05) is 11.7 Å². The number of hydrogen-bond acceptors (Lipinski definition) is 6. The molecule has 0 spiro atoms. The van der Waals surface area contributed by atoms with Crippen LogP contribution in [0.5, 0.6) is 5.88 Å². The van der Waals surface area contributed by atoms with E-state index in [-0.39, 0.29) is 0 Å². The monoisotopic (exact) mass is 354 g/mol. The molecule has 25 heavy (non-hydrogen) atoms. The highest BCUT2D eigenvalue weighted by Gasteiger charge is 2.19. The summed E-state index contributed by atoms with van der Waals surface area (Å²) in [5.41, 5.74) is 4.76. The maximum Gasteiger partial charge on any atom is 0.226 e. The summed E-state index contributed by atoms with van der Waals surface area (Å²) in [5.74, 6) is 2.07. The van der Waals surface area contributed by atoms with Crippen molar-refractivity contribution >= 4 is 27.5 Å². The van der Waals surface area contributed by atoms with E-state index in [2.05, 4.69) is 45.4 Å². The second-order valence-corrected chi connectivity index (χ2v) is 7.64. The van der Waals surface area contributed by atoms with Crippen LogP contribution in [0.1, 0.15) is 32.6 Å². The molecule has 0 radical (unpaired) electrons. The molecule has 0 aliphatic heterocycles. The summed E-state index contributed by atoms with van der Waals surface area (Å²) in [6, 6.07) is 6.66. The Labute approximate surface area is 151 Å². The zero-order valence-corrected chi connectivity index (χ0v) is 15.3. The van der Waals surface area contributed by atoms with Gasteiger partial charge in [0.2, 0.25) is 11.8 Å². The molecule has 1 aromatic carbocycles. The number of benzene rings is 1. The third kappa shape index (κ3) is 3.44. The quantitative estimate of drug-likeness (QED) is 0.732. The number of nitrogens with one attached hydrogen (secondary N) is 1. The Hall–Kier alpha value is -2.21. The fourth-order valence-corrected chi connectivity index (χ4v) is 4.06. The minimum atomic E-state index is 0.457. The highest BCUT2D eigenvalue weighted by molar-refractivity contribution is 7.16. The van der Waals surface area contributed by atoms with Crippen LogP contribution in [0.3, 0.4) is 0 Å². The number of methoxy groups -OCH3 is 1. The van der Waals surface area contributed by atoms with Crippen molar-refractivity contribution in [2.75, 3.05) is 12.4 Å².